The lowest BCUT2D eigenvalue weighted by Crippen LogP contribution is -2.10. The van der Waals surface area contributed by atoms with E-state index in [9.17, 15) is 4.79 Å². The predicted molar refractivity (Wildman–Crippen MR) is 63.8 cm³/mol. The number of aryl methyl sites for hydroxylation is 1. The molecule has 0 aromatic carbocycles. The van der Waals surface area contributed by atoms with Crippen molar-refractivity contribution < 1.29 is 9.53 Å². The van der Waals surface area contributed by atoms with E-state index >= 15 is 0 Å². The molecule has 0 saturated carbocycles. The van der Waals surface area contributed by atoms with E-state index in [1.165, 1.54) is 0 Å². The topological polar surface area (TPSA) is 39.2 Å². The minimum absolute atomic E-state index is 0.282. The van der Waals surface area contributed by atoms with Gasteiger partial charge in [-0.15, -0.1) is 11.3 Å². The molecule has 16 heavy (non-hydrogen) atoms. The molecule has 1 aliphatic heterocycles. The van der Waals surface area contributed by atoms with E-state index in [2.05, 4.69) is 4.98 Å². The molecule has 4 heteroatoms. The highest BCUT2D eigenvalue weighted by Crippen LogP contribution is 2.18. The van der Waals surface area contributed by atoms with Gasteiger partial charge in [0.2, 0.25) is 0 Å². The lowest BCUT2D eigenvalue weighted by Gasteiger charge is -2.07. The third kappa shape index (κ3) is 3.39. The van der Waals surface area contributed by atoms with Crippen molar-refractivity contribution in [3.8, 4) is 0 Å². The zero-order valence-electron chi connectivity index (χ0n) is 9.57. The number of aromatic nitrogens is 1. The molecule has 2 rings (SSSR count). The Bertz CT molecular complexity index is 356. The highest BCUT2D eigenvalue weighted by Gasteiger charge is 2.17. The van der Waals surface area contributed by atoms with Crippen LogP contribution in [0.2, 0.25) is 0 Å². The number of carbonyl (C=O) groups is 1. The second-order valence-corrected chi connectivity index (χ2v) is 5.21. The normalized spacial score (nSPS) is 20.2. The van der Waals surface area contributed by atoms with Crippen molar-refractivity contribution >= 4 is 17.1 Å². The van der Waals surface area contributed by atoms with Crippen molar-refractivity contribution in [1.82, 2.24) is 4.98 Å². The first-order chi connectivity index (χ1) is 7.74. The molecule has 0 aliphatic carbocycles. The molecule has 2 heterocycles. The van der Waals surface area contributed by atoms with Gasteiger partial charge < -0.3 is 4.74 Å². The molecule has 1 unspecified atom stereocenters. The summed E-state index contributed by atoms with van der Waals surface area (Å²) in [6.45, 7) is 2.82. The SMILES string of the molecule is Cc1csc(CC(=O)CCC2CCCO2)n1. The van der Waals surface area contributed by atoms with Crippen LogP contribution in [-0.2, 0) is 16.0 Å². The lowest BCUT2D eigenvalue weighted by atomic mass is 10.1. The van der Waals surface area contributed by atoms with Crippen LogP contribution < -0.4 is 0 Å². The van der Waals surface area contributed by atoms with Crippen LogP contribution >= 0.6 is 11.3 Å². The summed E-state index contributed by atoms with van der Waals surface area (Å²) >= 11 is 1.57. The van der Waals surface area contributed by atoms with E-state index in [0.29, 0.717) is 18.9 Å². The maximum atomic E-state index is 11.7. The molecule has 88 valence electrons. The highest BCUT2D eigenvalue weighted by atomic mass is 32.1. The van der Waals surface area contributed by atoms with Crippen LogP contribution in [0.3, 0.4) is 0 Å². The fourth-order valence-electron chi connectivity index (χ4n) is 1.93. The molecular formula is C12H17NO2S. The number of nitrogens with zero attached hydrogens (tertiary/aromatic N) is 1. The Labute approximate surface area is 99.8 Å². The van der Waals surface area contributed by atoms with Gasteiger partial charge in [0.1, 0.15) is 10.8 Å². The van der Waals surface area contributed by atoms with E-state index < -0.39 is 0 Å². The molecule has 0 bridgehead atoms. The Balaban J connectivity index is 1.71. The van der Waals surface area contributed by atoms with Crippen LogP contribution in [0, 0.1) is 6.92 Å². The molecule has 1 atom stereocenters. The van der Waals surface area contributed by atoms with Crippen LogP contribution in [0.1, 0.15) is 36.4 Å². The summed E-state index contributed by atoms with van der Waals surface area (Å²) in [6, 6.07) is 0. The number of thiazole rings is 1. The number of Topliss-reactive ketones (excluding diaryl/α,β-unsaturated/α-hetero) is 1. The van der Waals surface area contributed by atoms with Crippen molar-refractivity contribution in [3.63, 3.8) is 0 Å². The Morgan fingerprint density at radius 3 is 3.19 bits per heavy atom. The first kappa shape index (κ1) is 11.7. The van der Waals surface area contributed by atoms with Crippen LogP contribution in [0.25, 0.3) is 0 Å². The molecule has 0 N–H and O–H groups in total. The second kappa shape index (κ2) is 5.55. The minimum atomic E-state index is 0.282. The van der Waals surface area contributed by atoms with Gasteiger partial charge in [-0.25, -0.2) is 4.98 Å². The standard InChI is InChI=1S/C12H17NO2S/c1-9-8-16-12(13-9)7-10(14)4-5-11-3-2-6-15-11/h8,11H,2-7H2,1H3. The van der Waals surface area contributed by atoms with Gasteiger partial charge >= 0.3 is 0 Å². The summed E-state index contributed by atoms with van der Waals surface area (Å²) < 4.78 is 5.49. The molecule has 0 spiro atoms. The fraction of sp³-hybridized carbons (Fsp3) is 0.667. The smallest absolute Gasteiger partial charge is 0.139 e. The van der Waals surface area contributed by atoms with Crippen LogP contribution in [0.5, 0.6) is 0 Å². The first-order valence-corrected chi connectivity index (χ1v) is 6.66. The number of hydrogen-bond acceptors (Lipinski definition) is 4. The molecule has 3 nitrogen and oxygen atoms in total. The summed E-state index contributed by atoms with van der Waals surface area (Å²) in [7, 11) is 0. The second-order valence-electron chi connectivity index (χ2n) is 4.27. The van der Waals surface area contributed by atoms with Crippen molar-refractivity contribution in [2.45, 2.75) is 45.1 Å². The highest BCUT2D eigenvalue weighted by molar-refractivity contribution is 7.09. The summed E-state index contributed by atoms with van der Waals surface area (Å²) in [5.74, 6) is 0.282. The van der Waals surface area contributed by atoms with Gasteiger partial charge in [0, 0.05) is 24.1 Å². The zero-order valence-corrected chi connectivity index (χ0v) is 10.4. The van der Waals surface area contributed by atoms with Crippen LogP contribution in [0.15, 0.2) is 5.38 Å². The fourth-order valence-corrected chi connectivity index (χ4v) is 2.74. The molecule has 1 saturated heterocycles. The van der Waals surface area contributed by atoms with Gasteiger partial charge in [0.05, 0.1) is 12.5 Å². The Morgan fingerprint density at radius 2 is 2.56 bits per heavy atom. The Hall–Kier alpha value is -0.740. The quantitative estimate of drug-likeness (QED) is 0.792. The molecule has 0 amide bonds. The number of hydrogen-bond donors (Lipinski definition) is 0. The third-order valence-corrected chi connectivity index (χ3v) is 3.75. The molecule has 1 aromatic rings. The van der Waals surface area contributed by atoms with Gasteiger partial charge in [-0.05, 0) is 26.2 Å². The zero-order chi connectivity index (χ0) is 11.4. The molecule has 1 aliphatic rings. The van der Waals surface area contributed by atoms with Gasteiger partial charge in [-0.1, -0.05) is 0 Å². The minimum Gasteiger partial charge on any atom is -0.378 e. The van der Waals surface area contributed by atoms with E-state index in [1.54, 1.807) is 11.3 Å². The maximum Gasteiger partial charge on any atom is 0.139 e. The Morgan fingerprint density at radius 1 is 1.69 bits per heavy atom. The average molecular weight is 239 g/mol. The third-order valence-electron chi connectivity index (χ3n) is 2.78. The molecule has 1 aromatic heterocycles. The summed E-state index contributed by atoms with van der Waals surface area (Å²) in [4.78, 5) is 16.0. The van der Waals surface area contributed by atoms with Crippen molar-refractivity contribution in [2.75, 3.05) is 6.61 Å². The summed E-state index contributed by atoms with van der Waals surface area (Å²) in [5.41, 5.74) is 1.01. The maximum absolute atomic E-state index is 11.7. The van der Waals surface area contributed by atoms with Gasteiger partial charge in [0.15, 0.2) is 0 Å². The van der Waals surface area contributed by atoms with E-state index in [4.69, 9.17) is 4.74 Å². The first-order valence-electron chi connectivity index (χ1n) is 5.78. The van der Waals surface area contributed by atoms with E-state index in [-0.39, 0.29) is 5.78 Å². The summed E-state index contributed by atoms with van der Waals surface area (Å²) in [5, 5.41) is 2.93. The molecule has 1 fully saturated rings. The number of rotatable bonds is 5. The van der Waals surface area contributed by atoms with Gasteiger partial charge in [-0.3, -0.25) is 4.79 Å². The summed E-state index contributed by atoms with van der Waals surface area (Å²) in [6.07, 6.45) is 4.58. The Kier molecular flexibility index (Phi) is 4.07. The van der Waals surface area contributed by atoms with Crippen LogP contribution in [0.4, 0.5) is 0 Å². The van der Waals surface area contributed by atoms with E-state index in [0.717, 1.165) is 36.6 Å². The van der Waals surface area contributed by atoms with Gasteiger partial charge in [0.25, 0.3) is 0 Å². The van der Waals surface area contributed by atoms with Crippen molar-refractivity contribution in [3.05, 3.63) is 16.1 Å². The molecule has 0 radical (unpaired) electrons. The van der Waals surface area contributed by atoms with Crippen LogP contribution in [-0.4, -0.2) is 23.5 Å². The van der Waals surface area contributed by atoms with Gasteiger partial charge in [-0.2, -0.15) is 0 Å². The number of ether oxygens (including phenoxy) is 1. The van der Waals surface area contributed by atoms with Crippen molar-refractivity contribution in [2.24, 2.45) is 0 Å². The van der Waals surface area contributed by atoms with E-state index in [1.807, 2.05) is 12.3 Å². The lowest BCUT2D eigenvalue weighted by molar-refractivity contribution is -0.119. The number of ketones is 1. The average Bonchev–Trinajstić information content (AvgIpc) is 2.87. The largest absolute Gasteiger partial charge is 0.378 e. The van der Waals surface area contributed by atoms with Crippen molar-refractivity contribution in [1.29, 1.82) is 0 Å². The molecular weight excluding hydrogens is 222 g/mol. The number of carbonyl (C=O) groups excluding carboxylic acids is 1. The predicted octanol–water partition coefficient (Wildman–Crippen LogP) is 2.52. The monoisotopic (exact) mass is 239 g/mol.